The second kappa shape index (κ2) is 7.45. The molecule has 3 heteroatoms. The van der Waals surface area contributed by atoms with Crippen LogP contribution in [0.1, 0.15) is 85.0 Å². The van der Waals surface area contributed by atoms with Gasteiger partial charge in [-0.2, -0.15) is 0 Å². The van der Waals surface area contributed by atoms with E-state index in [2.05, 4.69) is 26.8 Å². The second-order valence-electron chi connectivity index (χ2n) is 11.0. The molecule has 0 heterocycles. The summed E-state index contributed by atoms with van der Waals surface area (Å²) in [5.41, 5.74) is 2.34. The van der Waals surface area contributed by atoms with Gasteiger partial charge in [-0.3, -0.25) is 4.79 Å². The lowest BCUT2D eigenvalue weighted by Gasteiger charge is -2.58. The maximum absolute atomic E-state index is 11.6. The highest BCUT2D eigenvalue weighted by Crippen LogP contribution is 2.67. The van der Waals surface area contributed by atoms with Crippen LogP contribution in [0.2, 0.25) is 0 Å². The Labute approximate surface area is 171 Å². The molecule has 4 rings (SSSR count). The van der Waals surface area contributed by atoms with Gasteiger partial charge in [0.1, 0.15) is 0 Å². The van der Waals surface area contributed by atoms with Gasteiger partial charge in [0.2, 0.25) is 0 Å². The van der Waals surface area contributed by atoms with Gasteiger partial charge in [-0.1, -0.05) is 32.4 Å². The molecule has 158 valence electrons. The lowest BCUT2D eigenvalue weighted by molar-refractivity contribution is -0.141. The standard InChI is InChI=1S/C25H40O3/c1-16(5-10-23(27)28-4)20-8-9-21-19-7-6-17-15-18(26)11-13-24(17,2)22(19)12-14-25(20,21)3/h6,16,18-22,26H,5,7-15H2,1-4H3/t16?,18-,19-,20+,21?,22-,24-,25+/m0/s1. The Morgan fingerprint density at radius 1 is 1.21 bits per heavy atom. The van der Waals surface area contributed by atoms with E-state index < -0.39 is 0 Å². The number of fused-ring (bicyclic) bond motifs is 5. The average Bonchev–Trinajstić information content (AvgIpc) is 3.03. The minimum atomic E-state index is -0.115. The summed E-state index contributed by atoms with van der Waals surface area (Å²) in [6.07, 6.45) is 13.6. The molecule has 0 bridgehead atoms. The Bertz CT molecular complexity index is 640. The van der Waals surface area contributed by atoms with Crippen molar-refractivity contribution in [3.8, 4) is 0 Å². The van der Waals surface area contributed by atoms with Gasteiger partial charge in [-0.15, -0.1) is 0 Å². The van der Waals surface area contributed by atoms with Gasteiger partial charge < -0.3 is 9.84 Å². The second-order valence-corrected chi connectivity index (χ2v) is 11.0. The van der Waals surface area contributed by atoms with Crippen LogP contribution < -0.4 is 0 Å². The predicted molar refractivity (Wildman–Crippen MR) is 112 cm³/mol. The molecule has 0 aromatic carbocycles. The van der Waals surface area contributed by atoms with Crippen LogP contribution >= 0.6 is 0 Å². The molecule has 0 saturated heterocycles. The zero-order chi connectivity index (χ0) is 20.1. The molecule has 1 N–H and O–H groups in total. The molecule has 4 aliphatic carbocycles. The zero-order valence-electron chi connectivity index (χ0n) is 18.4. The van der Waals surface area contributed by atoms with Gasteiger partial charge in [-0.05, 0) is 98.2 Å². The molecular formula is C25H40O3. The molecule has 3 saturated carbocycles. The Kier molecular flexibility index (Phi) is 5.44. The van der Waals surface area contributed by atoms with E-state index in [1.807, 2.05) is 0 Å². The van der Waals surface area contributed by atoms with Gasteiger partial charge in [0.05, 0.1) is 13.2 Å². The molecule has 3 nitrogen and oxygen atoms in total. The molecule has 0 amide bonds. The first kappa shape index (κ1) is 20.4. The van der Waals surface area contributed by atoms with Gasteiger partial charge in [0.25, 0.3) is 0 Å². The number of allylic oxidation sites excluding steroid dienone is 1. The molecule has 3 fully saturated rings. The number of ether oxygens (including phenoxy) is 1. The average molecular weight is 389 g/mol. The number of methoxy groups -OCH3 is 1. The van der Waals surface area contributed by atoms with E-state index in [1.54, 1.807) is 5.57 Å². The van der Waals surface area contributed by atoms with Gasteiger partial charge in [-0.25, -0.2) is 0 Å². The summed E-state index contributed by atoms with van der Waals surface area (Å²) in [5, 5.41) is 10.2. The Morgan fingerprint density at radius 3 is 2.75 bits per heavy atom. The minimum absolute atomic E-state index is 0.0624. The smallest absolute Gasteiger partial charge is 0.305 e. The van der Waals surface area contributed by atoms with Crippen molar-refractivity contribution in [1.82, 2.24) is 0 Å². The van der Waals surface area contributed by atoms with E-state index in [1.165, 1.54) is 45.6 Å². The molecule has 0 aromatic heterocycles. The van der Waals surface area contributed by atoms with Crippen LogP contribution in [0.3, 0.4) is 0 Å². The SMILES string of the molecule is COC(=O)CCC(C)[C@H]1CCC2[C@@H]3CC=C4C[C@@H](O)CC[C@]4(C)[C@H]3CC[C@@]21C. The van der Waals surface area contributed by atoms with E-state index in [4.69, 9.17) is 4.74 Å². The van der Waals surface area contributed by atoms with Crippen LogP contribution in [0.15, 0.2) is 11.6 Å². The number of aliphatic hydroxyl groups is 1. The fraction of sp³-hybridized carbons (Fsp3) is 0.880. The number of hydrogen-bond donors (Lipinski definition) is 1. The van der Waals surface area contributed by atoms with Crippen molar-refractivity contribution < 1.29 is 14.6 Å². The molecule has 28 heavy (non-hydrogen) atoms. The van der Waals surface area contributed by atoms with Crippen LogP contribution in [0.25, 0.3) is 0 Å². The number of hydrogen-bond acceptors (Lipinski definition) is 3. The molecule has 4 aliphatic rings. The van der Waals surface area contributed by atoms with E-state index in [0.29, 0.717) is 23.2 Å². The summed E-state index contributed by atoms with van der Waals surface area (Å²) in [6, 6.07) is 0. The highest BCUT2D eigenvalue weighted by Gasteiger charge is 2.59. The lowest BCUT2D eigenvalue weighted by atomic mass is 9.47. The summed E-state index contributed by atoms with van der Waals surface area (Å²) >= 11 is 0. The highest BCUT2D eigenvalue weighted by molar-refractivity contribution is 5.69. The normalized spacial score (nSPS) is 46.0. The van der Waals surface area contributed by atoms with Crippen LogP contribution in [-0.4, -0.2) is 24.3 Å². The largest absolute Gasteiger partial charge is 0.469 e. The van der Waals surface area contributed by atoms with Crippen molar-refractivity contribution in [2.24, 2.45) is 40.4 Å². The third kappa shape index (κ3) is 3.16. The first-order valence-electron chi connectivity index (χ1n) is 11.7. The number of aliphatic hydroxyl groups excluding tert-OH is 1. The van der Waals surface area contributed by atoms with Crippen molar-refractivity contribution in [2.45, 2.75) is 91.1 Å². The number of carbonyl (C=O) groups is 1. The number of carbonyl (C=O) groups excluding carboxylic acids is 1. The van der Waals surface area contributed by atoms with E-state index in [-0.39, 0.29) is 12.1 Å². The third-order valence-corrected chi connectivity index (χ3v) is 9.87. The highest BCUT2D eigenvalue weighted by atomic mass is 16.5. The van der Waals surface area contributed by atoms with Crippen molar-refractivity contribution in [3.63, 3.8) is 0 Å². The van der Waals surface area contributed by atoms with Gasteiger partial charge in [0, 0.05) is 6.42 Å². The third-order valence-electron chi connectivity index (χ3n) is 9.87. The maximum Gasteiger partial charge on any atom is 0.305 e. The summed E-state index contributed by atoms with van der Waals surface area (Å²) in [6.45, 7) is 7.46. The van der Waals surface area contributed by atoms with Crippen LogP contribution in [-0.2, 0) is 9.53 Å². The van der Waals surface area contributed by atoms with Crippen molar-refractivity contribution in [1.29, 1.82) is 0 Å². The van der Waals surface area contributed by atoms with Gasteiger partial charge >= 0.3 is 5.97 Å². The van der Waals surface area contributed by atoms with Crippen LogP contribution in [0.4, 0.5) is 0 Å². The maximum atomic E-state index is 11.6. The topological polar surface area (TPSA) is 46.5 Å². The van der Waals surface area contributed by atoms with E-state index in [9.17, 15) is 9.90 Å². The molecule has 8 atom stereocenters. The van der Waals surface area contributed by atoms with Crippen LogP contribution in [0.5, 0.6) is 0 Å². The fourth-order valence-electron chi connectivity index (χ4n) is 8.27. The minimum Gasteiger partial charge on any atom is -0.469 e. The monoisotopic (exact) mass is 388 g/mol. The summed E-state index contributed by atoms with van der Waals surface area (Å²) in [7, 11) is 1.50. The van der Waals surface area contributed by atoms with E-state index >= 15 is 0 Å². The Hall–Kier alpha value is -0.830. The lowest BCUT2D eigenvalue weighted by Crippen LogP contribution is -2.50. The summed E-state index contributed by atoms with van der Waals surface area (Å²) < 4.78 is 4.87. The first-order chi connectivity index (χ1) is 13.3. The van der Waals surface area contributed by atoms with Crippen LogP contribution in [0, 0.1) is 40.4 Å². The van der Waals surface area contributed by atoms with Crippen molar-refractivity contribution >= 4 is 5.97 Å². The van der Waals surface area contributed by atoms with Gasteiger partial charge in [0.15, 0.2) is 0 Å². The molecule has 0 radical (unpaired) electrons. The molecule has 0 aliphatic heterocycles. The molecule has 0 spiro atoms. The van der Waals surface area contributed by atoms with E-state index in [0.717, 1.165) is 42.9 Å². The molecular weight excluding hydrogens is 348 g/mol. The molecule has 2 unspecified atom stereocenters. The predicted octanol–water partition coefficient (Wildman–Crippen LogP) is 5.52. The summed E-state index contributed by atoms with van der Waals surface area (Å²) in [4.78, 5) is 11.6. The quantitative estimate of drug-likeness (QED) is 0.510. The number of esters is 1. The fourth-order valence-corrected chi connectivity index (χ4v) is 8.27. The summed E-state index contributed by atoms with van der Waals surface area (Å²) in [5.74, 6) is 3.74. The molecule has 0 aromatic rings. The zero-order valence-corrected chi connectivity index (χ0v) is 18.4. The number of rotatable bonds is 4. The Balaban J connectivity index is 1.51. The first-order valence-corrected chi connectivity index (χ1v) is 11.7. The van der Waals surface area contributed by atoms with Crippen molar-refractivity contribution in [2.75, 3.05) is 7.11 Å². The van der Waals surface area contributed by atoms with Crippen molar-refractivity contribution in [3.05, 3.63) is 11.6 Å². The Morgan fingerprint density at radius 2 is 2.00 bits per heavy atom.